The van der Waals surface area contributed by atoms with Gasteiger partial charge in [0.25, 0.3) is 0 Å². The van der Waals surface area contributed by atoms with Crippen LogP contribution >= 0.6 is 0 Å². The summed E-state index contributed by atoms with van der Waals surface area (Å²) in [6.07, 6.45) is 5.05. The molecule has 0 aromatic rings. The number of aliphatic carboxylic acids is 1. The number of carbonyl (C=O) groups is 2. The molecular formula is C14H26N2O3. The molecule has 0 saturated heterocycles. The molecule has 1 aliphatic rings. The SMILES string of the molecule is CCC(CNC(=O)C1CCCCC1CN)CC(=O)O. The number of nitrogens with one attached hydrogen (secondary N) is 1. The molecule has 1 aliphatic carbocycles. The van der Waals surface area contributed by atoms with Gasteiger partial charge in [0.15, 0.2) is 0 Å². The van der Waals surface area contributed by atoms with Crippen LogP contribution in [0.4, 0.5) is 0 Å². The highest BCUT2D eigenvalue weighted by molar-refractivity contribution is 5.79. The lowest BCUT2D eigenvalue weighted by Crippen LogP contribution is -2.41. The topological polar surface area (TPSA) is 92.4 Å². The predicted octanol–water partition coefficient (Wildman–Crippen LogP) is 1.37. The van der Waals surface area contributed by atoms with E-state index in [1.54, 1.807) is 0 Å². The van der Waals surface area contributed by atoms with Crippen LogP contribution in [0.15, 0.2) is 0 Å². The van der Waals surface area contributed by atoms with E-state index in [0.29, 0.717) is 13.1 Å². The molecule has 0 heterocycles. The third kappa shape index (κ3) is 5.19. The summed E-state index contributed by atoms with van der Waals surface area (Å²) >= 11 is 0. The number of carboxylic acid groups (broad SMARTS) is 1. The van der Waals surface area contributed by atoms with Gasteiger partial charge in [0.05, 0.1) is 0 Å². The maximum absolute atomic E-state index is 12.2. The normalized spacial score (nSPS) is 24.7. The summed E-state index contributed by atoms with van der Waals surface area (Å²) in [7, 11) is 0. The van der Waals surface area contributed by atoms with Gasteiger partial charge in [-0.1, -0.05) is 26.2 Å². The van der Waals surface area contributed by atoms with Gasteiger partial charge in [0.1, 0.15) is 0 Å². The van der Waals surface area contributed by atoms with E-state index in [1.165, 1.54) is 0 Å². The largest absolute Gasteiger partial charge is 0.481 e. The van der Waals surface area contributed by atoms with Crippen molar-refractivity contribution in [2.24, 2.45) is 23.5 Å². The molecule has 0 aromatic heterocycles. The fraction of sp³-hybridized carbons (Fsp3) is 0.857. The van der Waals surface area contributed by atoms with Crippen molar-refractivity contribution < 1.29 is 14.7 Å². The van der Waals surface area contributed by atoms with E-state index < -0.39 is 5.97 Å². The Morgan fingerprint density at radius 3 is 2.63 bits per heavy atom. The van der Waals surface area contributed by atoms with E-state index in [1.807, 2.05) is 6.92 Å². The third-order valence-corrected chi connectivity index (χ3v) is 4.15. The third-order valence-electron chi connectivity index (χ3n) is 4.15. The van der Waals surface area contributed by atoms with Crippen LogP contribution in [0, 0.1) is 17.8 Å². The van der Waals surface area contributed by atoms with Gasteiger partial charge in [0, 0.05) is 18.9 Å². The first-order valence-corrected chi connectivity index (χ1v) is 7.28. The summed E-state index contributed by atoms with van der Waals surface area (Å²) in [5, 5.41) is 11.7. The lowest BCUT2D eigenvalue weighted by Gasteiger charge is -2.30. The van der Waals surface area contributed by atoms with Gasteiger partial charge in [-0.15, -0.1) is 0 Å². The molecule has 5 nitrogen and oxygen atoms in total. The highest BCUT2D eigenvalue weighted by Crippen LogP contribution is 2.29. The molecule has 1 fully saturated rings. The zero-order valence-electron chi connectivity index (χ0n) is 11.7. The second kappa shape index (κ2) is 8.15. The minimum atomic E-state index is -0.807. The second-order valence-electron chi connectivity index (χ2n) is 5.50. The lowest BCUT2D eigenvalue weighted by molar-refractivity contribution is -0.138. The van der Waals surface area contributed by atoms with E-state index in [9.17, 15) is 9.59 Å². The number of nitrogens with two attached hydrogens (primary N) is 1. The Balaban J connectivity index is 2.42. The van der Waals surface area contributed by atoms with Gasteiger partial charge < -0.3 is 16.2 Å². The molecule has 0 spiro atoms. The van der Waals surface area contributed by atoms with Crippen molar-refractivity contribution in [1.82, 2.24) is 5.32 Å². The lowest BCUT2D eigenvalue weighted by atomic mass is 9.78. The van der Waals surface area contributed by atoms with Crippen molar-refractivity contribution in [2.75, 3.05) is 13.1 Å². The first-order valence-electron chi connectivity index (χ1n) is 7.28. The van der Waals surface area contributed by atoms with Crippen LogP contribution < -0.4 is 11.1 Å². The summed E-state index contributed by atoms with van der Waals surface area (Å²) in [4.78, 5) is 22.8. The highest BCUT2D eigenvalue weighted by atomic mass is 16.4. The molecule has 0 bridgehead atoms. The van der Waals surface area contributed by atoms with Crippen LogP contribution in [-0.4, -0.2) is 30.1 Å². The van der Waals surface area contributed by atoms with Crippen LogP contribution in [-0.2, 0) is 9.59 Å². The fourth-order valence-corrected chi connectivity index (χ4v) is 2.82. The molecule has 3 atom stereocenters. The summed E-state index contributed by atoms with van der Waals surface area (Å²) < 4.78 is 0. The second-order valence-corrected chi connectivity index (χ2v) is 5.50. The first kappa shape index (κ1) is 16.0. The van der Waals surface area contributed by atoms with E-state index in [4.69, 9.17) is 10.8 Å². The summed E-state index contributed by atoms with van der Waals surface area (Å²) in [6, 6.07) is 0. The van der Waals surface area contributed by atoms with E-state index in [-0.39, 0.29) is 30.1 Å². The van der Waals surface area contributed by atoms with Crippen molar-refractivity contribution in [1.29, 1.82) is 0 Å². The van der Waals surface area contributed by atoms with Crippen LogP contribution in [0.2, 0.25) is 0 Å². The Bertz CT molecular complexity index is 307. The molecule has 1 amide bonds. The number of amides is 1. The first-order chi connectivity index (χ1) is 9.08. The number of hydrogen-bond acceptors (Lipinski definition) is 3. The summed E-state index contributed by atoms with van der Waals surface area (Å²) in [5.41, 5.74) is 5.72. The number of carboxylic acids is 1. The molecule has 110 valence electrons. The number of rotatable bonds is 7. The molecule has 19 heavy (non-hydrogen) atoms. The molecule has 1 rings (SSSR count). The maximum atomic E-state index is 12.2. The van der Waals surface area contributed by atoms with Crippen molar-refractivity contribution in [2.45, 2.75) is 45.4 Å². The van der Waals surface area contributed by atoms with Crippen molar-refractivity contribution in [3.8, 4) is 0 Å². The molecule has 4 N–H and O–H groups in total. The Morgan fingerprint density at radius 1 is 1.37 bits per heavy atom. The highest BCUT2D eigenvalue weighted by Gasteiger charge is 2.30. The predicted molar refractivity (Wildman–Crippen MR) is 73.5 cm³/mol. The molecule has 3 unspecified atom stereocenters. The average molecular weight is 270 g/mol. The maximum Gasteiger partial charge on any atom is 0.303 e. The standard InChI is InChI=1S/C14H26N2O3/c1-2-10(7-13(17)18)9-16-14(19)12-6-4-3-5-11(12)8-15/h10-12H,2-9,15H2,1H3,(H,16,19)(H,17,18). The van der Waals surface area contributed by atoms with Crippen molar-refractivity contribution >= 4 is 11.9 Å². The molecular weight excluding hydrogens is 244 g/mol. The van der Waals surface area contributed by atoms with Gasteiger partial charge in [0.2, 0.25) is 5.91 Å². The zero-order valence-corrected chi connectivity index (χ0v) is 11.7. The summed E-state index contributed by atoms with van der Waals surface area (Å²) in [6.45, 7) is 2.96. The number of carbonyl (C=O) groups excluding carboxylic acids is 1. The van der Waals surface area contributed by atoms with E-state index in [0.717, 1.165) is 32.1 Å². The van der Waals surface area contributed by atoms with Crippen LogP contribution in [0.5, 0.6) is 0 Å². The average Bonchev–Trinajstić information content (AvgIpc) is 2.42. The van der Waals surface area contributed by atoms with E-state index in [2.05, 4.69) is 5.32 Å². The van der Waals surface area contributed by atoms with Crippen molar-refractivity contribution in [3.63, 3.8) is 0 Å². The monoisotopic (exact) mass is 270 g/mol. The Kier molecular flexibility index (Phi) is 6.84. The van der Waals surface area contributed by atoms with Gasteiger partial charge in [-0.3, -0.25) is 9.59 Å². The van der Waals surface area contributed by atoms with Gasteiger partial charge in [-0.25, -0.2) is 0 Å². The van der Waals surface area contributed by atoms with Gasteiger partial charge in [-0.05, 0) is 31.2 Å². The molecule has 1 saturated carbocycles. The summed E-state index contributed by atoms with van der Waals surface area (Å²) in [5.74, 6) is -0.437. The van der Waals surface area contributed by atoms with Crippen molar-refractivity contribution in [3.05, 3.63) is 0 Å². The molecule has 0 radical (unpaired) electrons. The van der Waals surface area contributed by atoms with Gasteiger partial charge >= 0.3 is 5.97 Å². The zero-order chi connectivity index (χ0) is 14.3. The molecule has 0 aromatic carbocycles. The molecule has 5 heteroatoms. The minimum absolute atomic E-state index is 0.0149. The quantitative estimate of drug-likeness (QED) is 0.651. The van der Waals surface area contributed by atoms with Gasteiger partial charge in [-0.2, -0.15) is 0 Å². The Hall–Kier alpha value is -1.10. The molecule has 0 aliphatic heterocycles. The minimum Gasteiger partial charge on any atom is -0.481 e. The number of hydrogen-bond donors (Lipinski definition) is 3. The Labute approximate surface area is 114 Å². The smallest absolute Gasteiger partial charge is 0.303 e. The fourth-order valence-electron chi connectivity index (χ4n) is 2.82. The van der Waals surface area contributed by atoms with Crippen LogP contribution in [0.1, 0.15) is 45.4 Å². The van der Waals surface area contributed by atoms with Crippen LogP contribution in [0.25, 0.3) is 0 Å². The Morgan fingerprint density at radius 2 is 2.05 bits per heavy atom. The van der Waals surface area contributed by atoms with E-state index >= 15 is 0 Å². The van der Waals surface area contributed by atoms with Crippen LogP contribution in [0.3, 0.4) is 0 Å².